The number of aliphatic imine (C=N–C) groups is 1. The number of esters is 1. The van der Waals surface area contributed by atoms with Crippen molar-refractivity contribution in [1.82, 2.24) is 0 Å². The molecule has 0 aliphatic carbocycles. The maximum atomic E-state index is 10.8. The smallest absolute Gasteiger partial charge is 0.309 e. The number of alkyl halides is 3. The lowest BCUT2D eigenvalue weighted by atomic mass is 10.00. The summed E-state index contributed by atoms with van der Waals surface area (Å²) < 4.78 is 3.30. The molecule has 1 rings (SSSR count). The first-order chi connectivity index (χ1) is 6.65. The molecule has 0 saturated heterocycles. The highest BCUT2D eigenvalue weighted by Crippen LogP contribution is 2.42. The molecule has 1 aliphatic heterocycles. The molecule has 0 radical (unpaired) electrons. The summed E-state index contributed by atoms with van der Waals surface area (Å²) >= 11 is 17.6. The van der Waals surface area contributed by atoms with E-state index in [1.807, 2.05) is 0 Å². The maximum absolute atomic E-state index is 10.8. The number of carbonyl (C=O) groups is 1. The summed E-state index contributed by atoms with van der Waals surface area (Å²) in [6.07, 6.45) is -1.33. The van der Waals surface area contributed by atoms with Gasteiger partial charge in [0.2, 0.25) is 5.90 Å². The van der Waals surface area contributed by atoms with Gasteiger partial charge in [0, 0.05) is 13.3 Å². The second kappa shape index (κ2) is 4.09. The minimum Gasteiger partial charge on any atom is -0.410 e. The van der Waals surface area contributed by atoms with Crippen LogP contribution in [0.2, 0.25) is 0 Å². The van der Waals surface area contributed by atoms with Gasteiger partial charge >= 0.3 is 5.97 Å². The normalized spacial score (nSPS) is 34.5. The van der Waals surface area contributed by atoms with Gasteiger partial charge < -0.3 is 9.84 Å². The molecule has 2 atom stereocenters. The molecule has 1 N–H and O–H groups in total. The molecule has 0 fully saturated rings. The Morgan fingerprint density at radius 2 is 2.13 bits per heavy atom. The highest BCUT2D eigenvalue weighted by Gasteiger charge is 2.49. The van der Waals surface area contributed by atoms with Crippen LogP contribution in [0.15, 0.2) is 4.99 Å². The predicted molar refractivity (Wildman–Crippen MR) is 58.5 cm³/mol. The molecule has 1 aliphatic rings. The van der Waals surface area contributed by atoms with E-state index in [1.165, 1.54) is 6.92 Å². The fraction of sp³-hybridized carbons (Fsp3) is 0.750. The van der Waals surface area contributed by atoms with Crippen molar-refractivity contribution in [2.75, 3.05) is 0 Å². The van der Waals surface area contributed by atoms with Crippen molar-refractivity contribution in [2.24, 2.45) is 4.99 Å². The van der Waals surface area contributed by atoms with Crippen LogP contribution in [0.3, 0.4) is 0 Å². The number of rotatable bonds is 0. The SMILES string of the molecule is CC(=O)OC1=NC(O)C(Cl)(Cl)CC1(C)Cl. The Morgan fingerprint density at radius 3 is 2.60 bits per heavy atom. The van der Waals surface area contributed by atoms with Crippen LogP contribution in [0.25, 0.3) is 0 Å². The summed E-state index contributed by atoms with van der Waals surface area (Å²) in [6.45, 7) is 2.77. The number of ether oxygens (including phenoxy) is 1. The van der Waals surface area contributed by atoms with Crippen LogP contribution >= 0.6 is 34.8 Å². The number of hydrogen-bond acceptors (Lipinski definition) is 4. The monoisotopic (exact) mass is 273 g/mol. The van der Waals surface area contributed by atoms with Crippen LogP contribution in [-0.4, -0.2) is 32.4 Å². The van der Waals surface area contributed by atoms with Gasteiger partial charge in [-0.05, 0) is 6.92 Å². The van der Waals surface area contributed by atoms with E-state index in [1.54, 1.807) is 6.92 Å². The Hall–Kier alpha value is -0.0300. The molecule has 0 spiro atoms. The van der Waals surface area contributed by atoms with Gasteiger partial charge in [0.1, 0.15) is 4.87 Å². The third-order valence-electron chi connectivity index (χ3n) is 1.87. The van der Waals surface area contributed by atoms with E-state index in [9.17, 15) is 9.90 Å². The number of hydrogen-bond donors (Lipinski definition) is 1. The number of carbonyl (C=O) groups excluding carboxylic acids is 1. The minimum atomic E-state index is -1.47. The number of halogens is 3. The fourth-order valence-electron chi connectivity index (χ4n) is 1.22. The maximum Gasteiger partial charge on any atom is 0.309 e. The summed E-state index contributed by atoms with van der Waals surface area (Å²) in [5.74, 6) is -0.634. The lowest BCUT2D eigenvalue weighted by Gasteiger charge is -2.36. The Labute approximate surface area is 102 Å². The zero-order valence-electron chi connectivity index (χ0n) is 8.13. The summed E-state index contributed by atoms with van der Waals surface area (Å²) in [7, 11) is 0. The summed E-state index contributed by atoms with van der Waals surface area (Å²) in [5, 5.41) is 9.45. The molecule has 4 nitrogen and oxygen atoms in total. The van der Waals surface area contributed by atoms with E-state index in [-0.39, 0.29) is 12.3 Å². The van der Waals surface area contributed by atoms with Crippen LogP contribution < -0.4 is 0 Å². The summed E-state index contributed by atoms with van der Waals surface area (Å²) in [6, 6.07) is 0. The molecule has 0 amide bonds. The first-order valence-corrected chi connectivity index (χ1v) is 5.30. The molecule has 1 heterocycles. The highest BCUT2D eigenvalue weighted by atomic mass is 35.5. The molecule has 0 aromatic rings. The van der Waals surface area contributed by atoms with Gasteiger partial charge in [0.15, 0.2) is 10.6 Å². The molecule has 86 valence electrons. The van der Waals surface area contributed by atoms with Crippen molar-refractivity contribution in [3.8, 4) is 0 Å². The third kappa shape index (κ3) is 2.97. The van der Waals surface area contributed by atoms with E-state index in [2.05, 4.69) is 4.99 Å². The molecule has 2 unspecified atom stereocenters. The Morgan fingerprint density at radius 1 is 1.60 bits per heavy atom. The van der Waals surface area contributed by atoms with Crippen LogP contribution in [0, 0.1) is 0 Å². The third-order valence-corrected chi connectivity index (χ3v) is 2.82. The molecule has 0 aromatic carbocycles. The first kappa shape index (κ1) is 13.0. The molecule has 0 aromatic heterocycles. The van der Waals surface area contributed by atoms with Gasteiger partial charge in [-0.1, -0.05) is 23.2 Å². The van der Waals surface area contributed by atoms with Crippen molar-refractivity contribution < 1.29 is 14.6 Å². The quantitative estimate of drug-likeness (QED) is 0.542. The largest absolute Gasteiger partial charge is 0.410 e. The van der Waals surface area contributed by atoms with Crippen molar-refractivity contribution in [2.45, 2.75) is 35.7 Å². The van der Waals surface area contributed by atoms with Gasteiger partial charge in [0.05, 0.1) is 0 Å². The second-order valence-corrected chi connectivity index (χ2v) is 5.91. The molecule has 0 bridgehead atoms. The lowest BCUT2D eigenvalue weighted by molar-refractivity contribution is -0.133. The van der Waals surface area contributed by atoms with E-state index in [0.717, 1.165) is 0 Å². The standard InChI is InChI=1S/C8H10Cl3NO3/c1-4(13)15-6-7(2,9)3-8(10,11)5(14)12-6/h5,14H,3H2,1-2H3. The van der Waals surface area contributed by atoms with Crippen LogP contribution in [-0.2, 0) is 9.53 Å². The topological polar surface area (TPSA) is 58.9 Å². The van der Waals surface area contributed by atoms with E-state index in [4.69, 9.17) is 39.5 Å². The zero-order chi connectivity index (χ0) is 11.9. The first-order valence-electron chi connectivity index (χ1n) is 4.17. The lowest BCUT2D eigenvalue weighted by Crippen LogP contribution is -2.48. The molecular weight excluding hydrogens is 264 g/mol. The van der Waals surface area contributed by atoms with E-state index >= 15 is 0 Å². The molecule has 7 heteroatoms. The Bertz CT molecular complexity index is 314. The van der Waals surface area contributed by atoms with Gasteiger partial charge in [-0.25, -0.2) is 4.99 Å². The van der Waals surface area contributed by atoms with Gasteiger partial charge in [-0.3, -0.25) is 4.79 Å². The predicted octanol–water partition coefficient (Wildman–Crippen LogP) is 1.84. The Kier molecular flexibility index (Phi) is 3.55. The van der Waals surface area contributed by atoms with Crippen LogP contribution in [0.1, 0.15) is 20.3 Å². The molecule has 15 heavy (non-hydrogen) atoms. The average molecular weight is 275 g/mol. The minimum absolute atomic E-state index is 0.0257. The molecule has 0 saturated carbocycles. The summed E-state index contributed by atoms with van der Waals surface area (Å²) in [4.78, 5) is 13.3. The zero-order valence-corrected chi connectivity index (χ0v) is 10.4. The highest BCUT2D eigenvalue weighted by molar-refractivity contribution is 6.50. The van der Waals surface area contributed by atoms with E-state index in [0.29, 0.717) is 0 Å². The van der Waals surface area contributed by atoms with Gasteiger partial charge in [-0.15, -0.1) is 11.6 Å². The van der Waals surface area contributed by atoms with Crippen molar-refractivity contribution in [1.29, 1.82) is 0 Å². The van der Waals surface area contributed by atoms with Crippen molar-refractivity contribution in [3.05, 3.63) is 0 Å². The fourth-order valence-corrected chi connectivity index (χ4v) is 2.29. The van der Waals surface area contributed by atoms with Crippen molar-refractivity contribution >= 4 is 46.7 Å². The molecular formula is C8H10Cl3NO3. The van der Waals surface area contributed by atoms with Gasteiger partial charge in [0.25, 0.3) is 0 Å². The average Bonchev–Trinajstić information content (AvgIpc) is 1.97. The number of aliphatic hydroxyl groups excluding tert-OH is 1. The number of aliphatic hydroxyl groups is 1. The van der Waals surface area contributed by atoms with Crippen LogP contribution in [0.4, 0.5) is 0 Å². The van der Waals surface area contributed by atoms with E-state index < -0.39 is 21.4 Å². The van der Waals surface area contributed by atoms with Gasteiger partial charge in [-0.2, -0.15) is 0 Å². The van der Waals surface area contributed by atoms with Crippen LogP contribution in [0.5, 0.6) is 0 Å². The second-order valence-electron chi connectivity index (χ2n) is 3.54. The summed E-state index contributed by atoms with van der Waals surface area (Å²) in [5.41, 5.74) is 0. The number of nitrogens with zero attached hydrogens (tertiary/aromatic N) is 1. The van der Waals surface area contributed by atoms with Crippen molar-refractivity contribution in [3.63, 3.8) is 0 Å². The Balaban J connectivity index is 3.00.